The lowest BCUT2D eigenvalue weighted by atomic mass is 10.0. The topological polar surface area (TPSA) is 34.2 Å². The van der Waals surface area contributed by atoms with Gasteiger partial charge in [-0.1, -0.05) is 36.4 Å². The highest BCUT2D eigenvalue weighted by atomic mass is 19.1. The first kappa shape index (κ1) is 16.7. The van der Waals surface area contributed by atoms with E-state index in [0.717, 1.165) is 36.3 Å². The van der Waals surface area contributed by atoms with Crippen LogP contribution in [0.5, 0.6) is 5.75 Å². The van der Waals surface area contributed by atoms with Gasteiger partial charge in [0.25, 0.3) is 0 Å². The number of aryl methyl sites for hydroxylation is 1. The van der Waals surface area contributed by atoms with Gasteiger partial charge in [-0.25, -0.2) is 4.39 Å². The van der Waals surface area contributed by atoms with Crippen LogP contribution in [0.2, 0.25) is 0 Å². The predicted octanol–water partition coefficient (Wildman–Crippen LogP) is 4.37. The van der Waals surface area contributed by atoms with E-state index >= 15 is 0 Å². The lowest BCUT2D eigenvalue weighted by molar-refractivity contribution is 0.170. The van der Waals surface area contributed by atoms with Crippen LogP contribution in [-0.4, -0.2) is 17.6 Å². The minimum atomic E-state index is -0.228. The smallest absolute Gasteiger partial charge is 0.131 e. The van der Waals surface area contributed by atoms with E-state index in [2.05, 4.69) is 22.4 Å². The summed E-state index contributed by atoms with van der Waals surface area (Å²) in [6, 6.07) is 17.0. The number of nitrogens with one attached hydrogen (secondary N) is 1. The van der Waals surface area contributed by atoms with Crippen LogP contribution >= 0.6 is 0 Å². The second kappa shape index (κ2) is 7.67. The van der Waals surface area contributed by atoms with Gasteiger partial charge in [0, 0.05) is 36.6 Å². The number of ether oxygens (including phenoxy) is 1. The van der Waals surface area contributed by atoms with Gasteiger partial charge >= 0.3 is 0 Å². The van der Waals surface area contributed by atoms with Gasteiger partial charge in [0.2, 0.25) is 0 Å². The molecular weight excluding hydrogens is 327 g/mol. The van der Waals surface area contributed by atoms with Crippen molar-refractivity contribution in [1.82, 2.24) is 10.3 Å². The molecule has 1 aliphatic rings. The normalized spacial score (nSPS) is 16.0. The Kier molecular flexibility index (Phi) is 4.93. The number of hydrogen-bond donors (Lipinski definition) is 1. The Morgan fingerprint density at radius 3 is 2.85 bits per heavy atom. The van der Waals surface area contributed by atoms with E-state index in [1.807, 2.05) is 30.5 Å². The number of hydrogen-bond acceptors (Lipinski definition) is 3. The van der Waals surface area contributed by atoms with Crippen LogP contribution in [-0.2, 0) is 13.0 Å². The van der Waals surface area contributed by atoms with Gasteiger partial charge in [-0.05, 0) is 42.2 Å². The maximum Gasteiger partial charge on any atom is 0.131 e. The second-order valence-corrected chi connectivity index (χ2v) is 6.58. The Balaban J connectivity index is 1.36. The molecule has 0 aliphatic carbocycles. The Morgan fingerprint density at radius 1 is 1.08 bits per heavy atom. The zero-order chi connectivity index (χ0) is 17.8. The monoisotopic (exact) mass is 348 g/mol. The molecule has 0 fully saturated rings. The van der Waals surface area contributed by atoms with Gasteiger partial charge in [0.1, 0.15) is 17.7 Å². The number of halogens is 1. The van der Waals surface area contributed by atoms with Crippen molar-refractivity contribution >= 4 is 0 Å². The molecular formula is C22H21FN2O. The van der Waals surface area contributed by atoms with Crippen molar-refractivity contribution in [3.63, 3.8) is 0 Å². The van der Waals surface area contributed by atoms with E-state index in [0.29, 0.717) is 12.1 Å². The average molecular weight is 348 g/mol. The third-order valence-electron chi connectivity index (χ3n) is 4.68. The highest BCUT2D eigenvalue weighted by Crippen LogP contribution is 2.27. The van der Waals surface area contributed by atoms with Crippen molar-refractivity contribution in [2.75, 3.05) is 6.54 Å². The minimum Gasteiger partial charge on any atom is -0.489 e. The summed E-state index contributed by atoms with van der Waals surface area (Å²) in [5.74, 6) is 0.766. The van der Waals surface area contributed by atoms with Crippen molar-refractivity contribution in [1.29, 1.82) is 0 Å². The molecule has 2 aromatic carbocycles. The van der Waals surface area contributed by atoms with Gasteiger partial charge in [0.05, 0.1) is 0 Å². The van der Waals surface area contributed by atoms with E-state index in [4.69, 9.17) is 4.74 Å². The number of aromatic nitrogens is 1. The summed E-state index contributed by atoms with van der Waals surface area (Å²) in [7, 11) is 0. The minimum absolute atomic E-state index is 0.174. The van der Waals surface area contributed by atoms with Crippen LogP contribution in [0.25, 0.3) is 11.1 Å². The van der Waals surface area contributed by atoms with Crippen LogP contribution in [0.15, 0.2) is 67.0 Å². The number of benzene rings is 2. The van der Waals surface area contributed by atoms with Gasteiger partial charge in [-0.2, -0.15) is 0 Å². The molecule has 0 bridgehead atoms. The van der Waals surface area contributed by atoms with E-state index in [9.17, 15) is 4.39 Å². The average Bonchev–Trinajstić information content (AvgIpc) is 2.68. The third-order valence-corrected chi connectivity index (χ3v) is 4.68. The number of pyridine rings is 1. The number of nitrogens with zero attached hydrogens (tertiary/aromatic N) is 1. The summed E-state index contributed by atoms with van der Waals surface area (Å²) >= 11 is 0. The maximum absolute atomic E-state index is 14.0. The first-order valence-corrected chi connectivity index (χ1v) is 8.94. The highest BCUT2D eigenvalue weighted by molar-refractivity contribution is 5.63. The first-order chi connectivity index (χ1) is 12.8. The summed E-state index contributed by atoms with van der Waals surface area (Å²) in [5, 5.41) is 3.44. The molecule has 1 atom stereocenters. The summed E-state index contributed by atoms with van der Waals surface area (Å²) in [6.07, 6.45) is 5.74. The Labute approximate surface area is 152 Å². The van der Waals surface area contributed by atoms with Gasteiger partial charge in [-0.3, -0.25) is 4.98 Å². The van der Waals surface area contributed by atoms with E-state index in [1.165, 1.54) is 11.6 Å². The van der Waals surface area contributed by atoms with Crippen molar-refractivity contribution in [3.05, 3.63) is 83.9 Å². The molecule has 26 heavy (non-hydrogen) atoms. The molecule has 4 heteroatoms. The van der Waals surface area contributed by atoms with Gasteiger partial charge in [0.15, 0.2) is 0 Å². The first-order valence-electron chi connectivity index (χ1n) is 8.94. The summed E-state index contributed by atoms with van der Waals surface area (Å²) in [4.78, 5) is 4.26. The summed E-state index contributed by atoms with van der Waals surface area (Å²) < 4.78 is 20.0. The fourth-order valence-corrected chi connectivity index (χ4v) is 3.33. The van der Waals surface area contributed by atoms with E-state index < -0.39 is 0 Å². The molecule has 1 N–H and O–H groups in total. The quantitative estimate of drug-likeness (QED) is 0.743. The Hall–Kier alpha value is -2.72. The molecule has 0 unspecified atom stereocenters. The number of para-hydroxylation sites is 1. The Bertz CT molecular complexity index is 897. The SMILES string of the molecule is Fc1ccccc1-c1cncc(CNC[C@H]2CCc3ccccc3O2)c1. The fraction of sp³-hybridized carbons (Fsp3) is 0.227. The van der Waals surface area contributed by atoms with E-state index in [-0.39, 0.29) is 11.9 Å². The molecule has 0 saturated carbocycles. The molecule has 0 spiro atoms. The molecule has 0 amide bonds. The molecule has 1 aliphatic heterocycles. The second-order valence-electron chi connectivity index (χ2n) is 6.58. The van der Waals surface area contributed by atoms with Crippen molar-refractivity contribution in [2.45, 2.75) is 25.5 Å². The van der Waals surface area contributed by atoms with E-state index in [1.54, 1.807) is 18.3 Å². The van der Waals surface area contributed by atoms with Crippen molar-refractivity contribution < 1.29 is 9.13 Å². The number of fused-ring (bicyclic) bond motifs is 1. The molecule has 3 aromatic rings. The summed E-state index contributed by atoms with van der Waals surface area (Å²) in [5.41, 5.74) is 3.69. The third kappa shape index (κ3) is 3.75. The lowest BCUT2D eigenvalue weighted by Gasteiger charge is -2.26. The highest BCUT2D eigenvalue weighted by Gasteiger charge is 2.18. The lowest BCUT2D eigenvalue weighted by Crippen LogP contribution is -2.33. The molecule has 1 aromatic heterocycles. The number of rotatable bonds is 5. The molecule has 0 saturated heterocycles. The van der Waals surface area contributed by atoms with Crippen LogP contribution in [0, 0.1) is 5.82 Å². The largest absolute Gasteiger partial charge is 0.489 e. The predicted molar refractivity (Wildman–Crippen MR) is 101 cm³/mol. The molecule has 4 rings (SSSR count). The van der Waals surface area contributed by atoms with Crippen LogP contribution < -0.4 is 10.1 Å². The molecule has 0 radical (unpaired) electrons. The van der Waals surface area contributed by atoms with Crippen LogP contribution in [0.3, 0.4) is 0 Å². The maximum atomic E-state index is 14.0. The molecule has 3 nitrogen and oxygen atoms in total. The van der Waals surface area contributed by atoms with Crippen LogP contribution in [0.4, 0.5) is 4.39 Å². The summed E-state index contributed by atoms with van der Waals surface area (Å²) in [6.45, 7) is 1.45. The molecule has 2 heterocycles. The zero-order valence-electron chi connectivity index (χ0n) is 14.5. The zero-order valence-corrected chi connectivity index (χ0v) is 14.5. The standard InChI is InChI=1S/C22H21FN2O/c23-21-7-3-2-6-20(21)18-11-16(12-24-14-18)13-25-15-19-10-9-17-5-1-4-8-22(17)26-19/h1-8,11-12,14,19,25H,9-10,13,15H2/t19-/m1/s1. The molecule has 132 valence electrons. The van der Waals surface area contributed by atoms with Crippen molar-refractivity contribution in [3.8, 4) is 16.9 Å². The van der Waals surface area contributed by atoms with Gasteiger partial charge < -0.3 is 10.1 Å². The van der Waals surface area contributed by atoms with Gasteiger partial charge in [-0.15, -0.1) is 0 Å². The fourth-order valence-electron chi connectivity index (χ4n) is 3.33. The van der Waals surface area contributed by atoms with Crippen molar-refractivity contribution in [2.24, 2.45) is 0 Å². The van der Waals surface area contributed by atoms with Crippen LogP contribution in [0.1, 0.15) is 17.5 Å². The Morgan fingerprint density at radius 2 is 1.92 bits per heavy atom.